The highest BCUT2D eigenvalue weighted by Crippen LogP contribution is 2.20. The van der Waals surface area contributed by atoms with Crippen LogP contribution in [0, 0.1) is 12.7 Å². The number of rotatable bonds is 6. The molecule has 3 aromatic rings. The van der Waals surface area contributed by atoms with Crippen molar-refractivity contribution in [3.8, 4) is 17.3 Å². The maximum Gasteiger partial charge on any atom is 0.247 e. The molecule has 0 spiro atoms. The molecule has 0 atom stereocenters. The summed E-state index contributed by atoms with van der Waals surface area (Å²) >= 11 is 0. The lowest BCUT2D eigenvalue weighted by molar-refractivity contribution is 0.225. The van der Waals surface area contributed by atoms with Crippen LogP contribution >= 0.6 is 0 Å². The van der Waals surface area contributed by atoms with Gasteiger partial charge in [0.1, 0.15) is 5.82 Å². The molecule has 9 heteroatoms. The van der Waals surface area contributed by atoms with Crippen molar-refractivity contribution >= 4 is 5.95 Å². The molecule has 2 aromatic heterocycles. The molecule has 1 saturated heterocycles. The highest BCUT2D eigenvalue weighted by molar-refractivity contribution is 5.51. The molecule has 1 aliphatic rings. The van der Waals surface area contributed by atoms with E-state index in [1.54, 1.807) is 12.1 Å². The Morgan fingerprint density at radius 3 is 2.55 bits per heavy atom. The highest BCUT2D eigenvalue weighted by atomic mass is 19.1. The average molecular weight is 398 g/mol. The van der Waals surface area contributed by atoms with Crippen LogP contribution in [0.3, 0.4) is 0 Å². The standard InChI is InChI=1S/C20H23FN6O2/c1-3-28-17-12-14(2)22-20(23-17)27-10-8-26(9-11-27)13-18-24-25-19(29-18)15-4-6-16(21)7-5-15/h4-7,12H,3,8-11,13H2,1-2H3. The lowest BCUT2D eigenvalue weighted by Gasteiger charge is -2.34. The van der Waals surface area contributed by atoms with Gasteiger partial charge in [0.25, 0.3) is 0 Å². The molecule has 4 rings (SSSR count). The molecule has 29 heavy (non-hydrogen) atoms. The summed E-state index contributed by atoms with van der Waals surface area (Å²) in [5, 5.41) is 8.19. The Bertz CT molecular complexity index is 954. The van der Waals surface area contributed by atoms with E-state index in [0.717, 1.165) is 31.9 Å². The van der Waals surface area contributed by atoms with Crippen molar-refractivity contribution in [3.05, 3.63) is 47.7 Å². The maximum absolute atomic E-state index is 13.1. The summed E-state index contributed by atoms with van der Waals surface area (Å²) in [6.07, 6.45) is 0. The van der Waals surface area contributed by atoms with Crippen LogP contribution in [0.1, 0.15) is 18.5 Å². The van der Waals surface area contributed by atoms with Crippen molar-refractivity contribution in [3.63, 3.8) is 0 Å². The first kappa shape index (κ1) is 19.3. The molecule has 1 aliphatic heterocycles. The fourth-order valence-corrected chi connectivity index (χ4v) is 3.21. The second-order valence-corrected chi connectivity index (χ2v) is 6.85. The zero-order chi connectivity index (χ0) is 20.2. The van der Waals surface area contributed by atoms with Crippen LogP contribution in [0.4, 0.5) is 10.3 Å². The smallest absolute Gasteiger partial charge is 0.247 e. The number of ether oxygens (including phenoxy) is 1. The minimum absolute atomic E-state index is 0.294. The van der Waals surface area contributed by atoms with Crippen molar-refractivity contribution in [2.24, 2.45) is 0 Å². The summed E-state index contributed by atoms with van der Waals surface area (Å²) in [7, 11) is 0. The molecule has 1 fully saturated rings. The van der Waals surface area contributed by atoms with Crippen molar-refractivity contribution in [1.29, 1.82) is 0 Å². The molecular weight excluding hydrogens is 375 g/mol. The fourth-order valence-electron chi connectivity index (χ4n) is 3.21. The first-order chi connectivity index (χ1) is 14.1. The predicted octanol–water partition coefficient (Wildman–Crippen LogP) is 2.70. The largest absolute Gasteiger partial charge is 0.478 e. The first-order valence-corrected chi connectivity index (χ1v) is 9.65. The number of nitrogens with zero attached hydrogens (tertiary/aromatic N) is 6. The Kier molecular flexibility index (Phi) is 5.66. The Labute approximate surface area is 168 Å². The zero-order valence-electron chi connectivity index (χ0n) is 16.5. The molecular formula is C20H23FN6O2. The van der Waals surface area contributed by atoms with E-state index < -0.39 is 0 Å². The average Bonchev–Trinajstić information content (AvgIpc) is 3.17. The van der Waals surface area contributed by atoms with Crippen LogP contribution in [0.15, 0.2) is 34.7 Å². The van der Waals surface area contributed by atoms with Crippen molar-refractivity contribution in [2.75, 3.05) is 37.7 Å². The zero-order valence-corrected chi connectivity index (χ0v) is 16.5. The second kappa shape index (κ2) is 8.52. The Balaban J connectivity index is 1.35. The molecule has 0 amide bonds. The predicted molar refractivity (Wildman–Crippen MR) is 105 cm³/mol. The fraction of sp³-hybridized carbons (Fsp3) is 0.400. The SMILES string of the molecule is CCOc1cc(C)nc(N2CCN(Cc3nnc(-c4ccc(F)cc4)o3)CC2)n1. The molecule has 0 unspecified atom stereocenters. The number of anilines is 1. The quantitative estimate of drug-likeness (QED) is 0.627. The van der Waals surface area contributed by atoms with Gasteiger partial charge in [0.15, 0.2) is 0 Å². The van der Waals surface area contributed by atoms with Gasteiger partial charge in [-0.05, 0) is 38.1 Å². The van der Waals surface area contributed by atoms with Gasteiger partial charge in [-0.1, -0.05) is 0 Å². The second-order valence-electron chi connectivity index (χ2n) is 6.85. The van der Waals surface area contributed by atoms with Gasteiger partial charge < -0.3 is 14.1 Å². The number of aromatic nitrogens is 4. The summed E-state index contributed by atoms with van der Waals surface area (Å²) in [4.78, 5) is 13.5. The van der Waals surface area contributed by atoms with Gasteiger partial charge in [-0.25, -0.2) is 9.37 Å². The number of aryl methyl sites for hydroxylation is 1. The maximum atomic E-state index is 13.1. The van der Waals surface area contributed by atoms with Gasteiger partial charge >= 0.3 is 0 Å². The van der Waals surface area contributed by atoms with E-state index in [1.165, 1.54) is 12.1 Å². The normalized spacial score (nSPS) is 14.9. The summed E-state index contributed by atoms with van der Waals surface area (Å²) < 4.78 is 24.3. The minimum Gasteiger partial charge on any atom is -0.478 e. The van der Waals surface area contributed by atoms with Crippen molar-refractivity contribution < 1.29 is 13.5 Å². The van der Waals surface area contributed by atoms with Crippen LogP contribution in [0.25, 0.3) is 11.5 Å². The van der Waals surface area contributed by atoms with E-state index >= 15 is 0 Å². The van der Waals surface area contributed by atoms with E-state index in [1.807, 2.05) is 19.9 Å². The molecule has 152 valence electrons. The lowest BCUT2D eigenvalue weighted by Crippen LogP contribution is -2.46. The Morgan fingerprint density at radius 1 is 1.07 bits per heavy atom. The summed E-state index contributed by atoms with van der Waals surface area (Å²) in [5.74, 6) is 1.96. The number of halogens is 1. The number of benzene rings is 1. The molecule has 0 N–H and O–H groups in total. The van der Waals surface area contributed by atoms with Gasteiger partial charge in [0, 0.05) is 43.5 Å². The summed E-state index contributed by atoms with van der Waals surface area (Å²) in [6, 6.07) is 7.86. The molecule has 3 heterocycles. The van der Waals surface area contributed by atoms with Crippen molar-refractivity contribution in [1.82, 2.24) is 25.1 Å². The van der Waals surface area contributed by atoms with Crippen LogP contribution in [0.2, 0.25) is 0 Å². The van der Waals surface area contributed by atoms with Crippen molar-refractivity contribution in [2.45, 2.75) is 20.4 Å². The molecule has 0 radical (unpaired) electrons. The topological polar surface area (TPSA) is 80.4 Å². The van der Waals surface area contributed by atoms with Crippen LogP contribution in [-0.4, -0.2) is 57.9 Å². The molecule has 1 aromatic carbocycles. The highest BCUT2D eigenvalue weighted by Gasteiger charge is 2.21. The third-order valence-corrected chi connectivity index (χ3v) is 4.68. The van der Waals surface area contributed by atoms with E-state index in [2.05, 4.69) is 30.0 Å². The Morgan fingerprint density at radius 2 is 1.83 bits per heavy atom. The molecule has 0 bridgehead atoms. The van der Waals surface area contributed by atoms with E-state index in [4.69, 9.17) is 9.15 Å². The first-order valence-electron chi connectivity index (χ1n) is 9.65. The monoisotopic (exact) mass is 398 g/mol. The number of piperazine rings is 1. The van der Waals surface area contributed by atoms with Crippen LogP contribution < -0.4 is 9.64 Å². The van der Waals surface area contributed by atoms with Gasteiger partial charge in [0.05, 0.1) is 13.2 Å². The number of hydrogen-bond acceptors (Lipinski definition) is 8. The van der Waals surface area contributed by atoms with Crippen LogP contribution in [-0.2, 0) is 6.54 Å². The molecule has 0 saturated carbocycles. The summed E-state index contributed by atoms with van der Waals surface area (Å²) in [6.45, 7) is 8.29. The Hall–Kier alpha value is -3.07. The van der Waals surface area contributed by atoms with E-state index in [0.29, 0.717) is 42.3 Å². The molecule has 8 nitrogen and oxygen atoms in total. The lowest BCUT2D eigenvalue weighted by atomic mass is 10.2. The van der Waals surface area contributed by atoms with Crippen LogP contribution in [0.5, 0.6) is 5.88 Å². The third-order valence-electron chi connectivity index (χ3n) is 4.68. The minimum atomic E-state index is -0.294. The number of hydrogen-bond donors (Lipinski definition) is 0. The van der Waals surface area contributed by atoms with Gasteiger partial charge in [-0.3, -0.25) is 4.90 Å². The van der Waals surface area contributed by atoms with E-state index in [9.17, 15) is 4.39 Å². The van der Waals surface area contributed by atoms with Gasteiger partial charge in [-0.15, -0.1) is 10.2 Å². The van der Waals surface area contributed by atoms with Gasteiger partial charge in [-0.2, -0.15) is 4.98 Å². The van der Waals surface area contributed by atoms with Gasteiger partial charge in [0.2, 0.25) is 23.6 Å². The summed E-state index contributed by atoms with van der Waals surface area (Å²) in [5.41, 5.74) is 1.59. The van der Waals surface area contributed by atoms with E-state index in [-0.39, 0.29) is 5.82 Å². The molecule has 0 aliphatic carbocycles. The third kappa shape index (κ3) is 4.68.